The van der Waals surface area contributed by atoms with Gasteiger partial charge in [0, 0.05) is 21.9 Å². The van der Waals surface area contributed by atoms with E-state index in [-0.39, 0.29) is 5.54 Å². The zero-order valence-electron chi connectivity index (χ0n) is 11.8. The van der Waals surface area contributed by atoms with E-state index in [9.17, 15) is 0 Å². The van der Waals surface area contributed by atoms with Crippen molar-refractivity contribution >= 4 is 17.4 Å². The van der Waals surface area contributed by atoms with Gasteiger partial charge in [-0.2, -0.15) is 0 Å². The Kier molecular flexibility index (Phi) is 4.54. The second-order valence-corrected chi connectivity index (χ2v) is 6.72. The highest BCUT2D eigenvalue weighted by Crippen LogP contribution is 2.25. The zero-order chi connectivity index (χ0) is 13.7. The molecule has 1 nitrogen and oxygen atoms in total. The summed E-state index contributed by atoms with van der Waals surface area (Å²) in [4.78, 5) is 1.31. The van der Waals surface area contributed by atoms with Crippen molar-refractivity contribution in [2.75, 3.05) is 5.32 Å². The Morgan fingerprint density at radius 1 is 0.895 bits per heavy atom. The molecule has 0 spiro atoms. The van der Waals surface area contributed by atoms with Crippen molar-refractivity contribution in [3.05, 3.63) is 60.2 Å². The van der Waals surface area contributed by atoms with Gasteiger partial charge in [0.15, 0.2) is 0 Å². The zero-order valence-corrected chi connectivity index (χ0v) is 12.6. The fraction of sp³-hybridized carbons (Fsp3) is 0.294. The maximum atomic E-state index is 3.47. The molecule has 0 radical (unpaired) electrons. The molecular formula is C17H21NS. The van der Waals surface area contributed by atoms with Gasteiger partial charge in [-0.3, -0.25) is 0 Å². The maximum absolute atomic E-state index is 3.47. The third-order valence-electron chi connectivity index (χ3n) is 2.62. The molecule has 0 heterocycles. The van der Waals surface area contributed by atoms with Gasteiger partial charge in [0.1, 0.15) is 0 Å². The Morgan fingerprint density at radius 3 is 2.11 bits per heavy atom. The molecule has 0 aliphatic rings. The predicted octanol–water partition coefficient (Wildman–Crippen LogP) is 5.19. The summed E-state index contributed by atoms with van der Waals surface area (Å²) in [6.45, 7) is 6.52. The summed E-state index contributed by atoms with van der Waals surface area (Å²) in [5, 5.41) is 3.47. The van der Waals surface area contributed by atoms with Crippen molar-refractivity contribution in [1.82, 2.24) is 0 Å². The number of benzene rings is 2. The van der Waals surface area contributed by atoms with Crippen molar-refractivity contribution in [2.45, 2.75) is 37.0 Å². The van der Waals surface area contributed by atoms with Crippen LogP contribution in [0.5, 0.6) is 0 Å². The fourth-order valence-corrected chi connectivity index (χ4v) is 2.66. The molecule has 100 valence electrons. The molecule has 0 unspecified atom stereocenters. The van der Waals surface area contributed by atoms with E-state index in [1.807, 2.05) is 11.8 Å². The molecule has 0 atom stereocenters. The minimum Gasteiger partial charge on any atom is -0.380 e. The average molecular weight is 271 g/mol. The summed E-state index contributed by atoms with van der Waals surface area (Å²) in [7, 11) is 0. The Bertz CT molecular complexity index is 497. The fourth-order valence-electron chi connectivity index (χ4n) is 1.81. The second-order valence-electron chi connectivity index (χ2n) is 5.67. The highest BCUT2D eigenvalue weighted by molar-refractivity contribution is 7.98. The van der Waals surface area contributed by atoms with Gasteiger partial charge in [0.2, 0.25) is 0 Å². The monoisotopic (exact) mass is 271 g/mol. The summed E-state index contributed by atoms with van der Waals surface area (Å²) < 4.78 is 0. The molecule has 0 aromatic heterocycles. The van der Waals surface area contributed by atoms with Crippen LogP contribution in [0.4, 0.5) is 5.69 Å². The van der Waals surface area contributed by atoms with Gasteiger partial charge in [-0.15, -0.1) is 11.8 Å². The van der Waals surface area contributed by atoms with E-state index in [1.165, 1.54) is 16.1 Å². The van der Waals surface area contributed by atoms with E-state index < -0.39 is 0 Å². The SMILES string of the molecule is CC(C)(C)Nc1ccc(SCc2ccccc2)cc1. The first-order valence-electron chi connectivity index (χ1n) is 6.58. The molecule has 2 aromatic carbocycles. The quantitative estimate of drug-likeness (QED) is 0.768. The van der Waals surface area contributed by atoms with Crippen molar-refractivity contribution < 1.29 is 0 Å². The van der Waals surface area contributed by atoms with Crippen LogP contribution in [-0.4, -0.2) is 5.54 Å². The average Bonchev–Trinajstić information content (AvgIpc) is 2.37. The van der Waals surface area contributed by atoms with Gasteiger partial charge in [0.05, 0.1) is 0 Å². The number of anilines is 1. The molecule has 0 aliphatic carbocycles. The first-order valence-corrected chi connectivity index (χ1v) is 7.56. The first kappa shape index (κ1) is 14.0. The molecular weight excluding hydrogens is 250 g/mol. The normalized spacial score (nSPS) is 11.3. The Labute approximate surface area is 120 Å². The van der Waals surface area contributed by atoms with Crippen LogP contribution in [-0.2, 0) is 5.75 Å². The third-order valence-corrected chi connectivity index (χ3v) is 3.71. The molecule has 2 rings (SSSR count). The summed E-state index contributed by atoms with van der Waals surface area (Å²) in [6.07, 6.45) is 0. The number of nitrogens with one attached hydrogen (secondary N) is 1. The second kappa shape index (κ2) is 6.16. The number of thioether (sulfide) groups is 1. The van der Waals surface area contributed by atoms with Crippen LogP contribution in [0, 0.1) is 0 Å². The summed E-state index contributed by atoms with van der Waals surface area (Å²) in [5.74, 6) is 1.02. The predicted molar refractivity (Wildman–Crippen MR) is 85.8 cm³/mol. The van der Waals surface area contributed by atoms with Crippen LogP contribution < -0.4 is 5.32 Å². The summed E-state index contributed by atoms with van der Waals surface area (Å²) >= 11 is 1.87. The highest BCUT2D eigenvalue weighted by atomic mass is 32.2. The molecule has 0 amide bonds. The van der Waals surface area contributed by atoms with Crippen LogP contribution in [0.1, 0.15) is 26.3 Å². The van der Waals surface area contributed by atoms with Crippen LogP contribution in [0.2, 0.25) is 0 Å². The van der Waals surface area contributed by atoms with Gasteiger partial charge in [-0.05, 0) is 50.6 Å². The lowest BCUT2D eigenvalue weighted by molar-refractivity contribution is 0.634. The summed E-state index contributed by atoms with van der Waals surface area (Å²) in [6, 6.07) is 19.2. The molecule has 0 fully saturated rings. The number of hydrogen-bond donors (Lipinski definition) is 1. The maximum Gasteiger partial charge on any atom is 0.0344 e. The van der Waals surface area contributed by atoms with E-state index >= 15 is 0 Å². The first-order chi connectivity index (χ1) is 9.03. The van der Waals surface area contributed by atoms with E-state index in [2.05, 4.69) is 80.7 Å². The molecule has 0 saturated carbocycles. The third kappa shape index (κ3) is 4.99. The Morgan fingerprint density at radius 2 is 1.53 bits per heavy atom. The molecule has 0 aliphatic heterocycles. The molecule has 2 heteroatoms. The lowest BCUT2D eigenvalue weighted by Gasteiger charge is -2.22. The summed E-state index contributed by atoms with van der Waals surface area (Å²) in [5.41, 5.74) is 2.65. The van der Waals surface area contributed by atoms with E-state index in [0.29, 0.717) is 0 Å². The van der Waals surface area contributed by atoms with Crippen LogP contribution in [0.3, 0.4) is 0 Å². The van der Waals surface area contributed by atoms with Gasteiger partial charge in [0.25, 0.3) is 0 Å². The van der Waals surface area contributed by atoms with Crippen molar-refractivity contribution in [2.24, 2.45) is 0 Å². The molecule has 2 aromatic rings. The van der Waals surface area contributed by atoms with Crippen LogP contribution in [0.25, 0.3) is 0 Å². The standard InChI is InChI=1S/C17H21NS/c1-17(2,3)18-15-9-11-16(12-10-15)19-13-14-7-5-4-6-8-14/h4-12,18H,13H2,1-3H3. The molecule has 19 heavy (non-hydrogen) atoms. The van der Waals surface area contributed by atoms with Gasteiger partial charge in [-0.1, -0.05) is 30.3 Å². The lowest BCUT2D eigenvalue weighted by atomic mass is 10.1. The van der Waals surface area contributed by atoms with Crippen LogP contribution >= 0.6 is 11.8 Å². The van der Waals surface area contributed by atoms with Gasteiger partial charge in [-0.25, -0.2) is 0 Å². The minimum atomic E-state index is 0.110. The Balaban J connectivity index is 1.92. The topological polar surface area (TPSA) is 12.0 Å². The van der Waals surface area contributed by atoms with E-state index in [1.54, 1.807) is 0 Å². The molecule has 0 bridgehead atoms. The largest absolute Gasteiger partial charge is 0.380 e. The lowest BCUT2D eigenvalue weighted by Crippen LogP contribution is -2.25. The molecule has 0 saturated heterocycles. The number of hydrogen-bond acceptors (Lipinski definition) is 2. The number of rotatable bonds is 4. The smallest absolute Gasteiger partial charge is 0.0344 e. The van der Waals surface area contributed by atoms with Crippen molar-refractivity contribution in [1.29, 1.82) is 0 Å². The van der Waals surface area contributed by atoms with E-state index in [4.69, 9.17) is 0 Å². The highest BCUT2D eigenvalue weighted by Gasteiger charge is 2.08. The van der Waals surface area contributed by atoms with Crippen LogP contribution in [0.15, 0.2) is 59.5 Å². The Hall–Kier alpha value is -1.41. The van der Waals surface area contributed by atoms with Gasteiger partial charge < -0.3 is 5.32 Å². The van der Waals surface area contributed by atoms with Crippen molar-refractivity contribution in [3.63, 3.8) is 0 Å². The van der Waals surface area contributed by atoms with E-state index in [0.717, 1.165) is 5.75 Å². The molecule has 1 N–H and O–H groups in total. The van der Waals surface area contributed by atoms with Crippen molar-refractivity contribution in [3.8, 4) is 0 Å². The van der Waals surface area contributed by atoms with Gasteiger partial charge >= 0.3 is 0 Å². The minimum absolute atomic E-state index is 0.110.